The van der Waals surface area contributed by atoms with E-state index in [1.807, 2.05) is 4.90 Å². The summed E-state index contributed by atoms with van der Waals surface area (Å²) in [6.45, 7) is 6.76. The monoisotopic (exact) mass is 329 g/mol. The van der Waals surface area contributed by atoms with Gasteiger partial charge in [0.2, 0.25) is 0 Å². The van der Waals surface area contributed by atoms with E-state index < -0.39 is 11.4 Å². The standard InChI is InChI=1S/C18H23N3O3/c1-2-9-20-11-15-12-21(16(22)14-4-7-19-8-5-14)10-3-6-18(15,13-20)17(23)24/h2,4-5,7-8,15H,1,3,6,9-13H2,(H,23,24)/t15-,18+/m1/s1. The molecule has 2 aliphatic rings. The maximum absolute atomic E-state index is 12.7. The summed E-state index contributed by atoms with van der Waals surface area (Å²) in [4.78, 5) is 32.7. The third kappa shape index (κ3) is 2.94. The lowest BCUT2D eigenvalue weighted by Gasteiger charge is -2.29. The summed E-state index contributed by atoms with van der Waals surface area (Å²) < 4.78 is 0. The number of carbonyl (C=O) groups is 2. The minimum Gasteiger partial charge on any atom is -0.481 e. The molecule has 1 N–H and O–H groups in total. The Morgan fingerprint density at radius 3 is 2.79 bits per heavy atom. The summed E-state index contributed by atoms with van der Waals surface area (Å²) in [7, 11) is 0. The number of carbonyl (C=O) groups excluding carboxylic acids is 1. The van der Waals surface area contributed by atoms with Crippen LogP contribution in [0.3, 0.4) is 0 Å². The van der Waals surface area contributed by atoms with E-state index in [1.165, 1.54) is 0 Å². The average molecular weight is 329 g/mol. The molecule has 0 saturated carbocycles. The SMILES string of the molecule is C=CCN1C[C@@H]2CN(C(=O)c3ccncc3)CCC[C@]2(C(=O)O)C1. The van der Waals surface area contributed by atoms with Crippen molar-refractivity contribution >= 4 is 11.9 Å². The molecule has 0 radical (unpaired) electrons. The van der Waals surface area contributed by atoms with Gasteiger partial charge in [0.25, 0.3) is 5.91 Å². The molecule has 24 heavy (non-hydrogen) atoms. The van der Waals surface area contributed by atoms with Crippen LogP contribution in [0.25, 0.3) is 0 Å². The quantitative estimate of drug-likeness (QED) is 0.848. The van der Waals surface area contributed by atoms with Gasteiger partial charge in [0.05, 0.1) is 5.41 Å². The molecule has 6 heteroatoms. The topological polar surface area (TPSA) is 73.7 Å². The summed E-state index contributed by atoms with van der Waals surface area (Å²) in [6, 6.07) is 3.41. The molecule has 1 aromatic heterocycles. The second-order valence-corrected chi connectivity index (χ2v) is 6.73. The van der Waals surface area contributed by atoms with Gasteiger partial charge < -0.3 is 10.0 Å². The van der Waals surface area contributed by atoms with Gasteiger partial charge in [-0.3, -0.25) is 19.5 Å². The zero-order chi connectivity index (χ0) is 17.2. The van der Waals surface area contributed by atoms with Gasteiger partial charge in [-0.1, -0.05) is 6.08 Å². The highest BCUT2D eigenvalue weighted by Gasteiger charge is 2.53. The number of pyridine rings is 1. The molecule has 2 atom stereocenters. The third-order valence-electron chi connectivity index (χ3n) is 5.29. The molecule has 0 spiro atoms. The zero-order valence-corrected chi connectivity index (χ0v) is 13.7. The van der Waals surface area contributed by atoms with Crippen LogP contribution in [0, 0.1) is 11.3 Å². The van der Waals surface area contributed by atoms with Crippen LogP contribution in [-0.2, 0) is 4.79 Å². The van der Waals surface area contributed by atoms with Crippen LogP contribution in [0.4, 0.5) is 0 Å². The molecule has 1 amide bonds. The highest BCUT2D eigenvalue weighted by atomic mass is 16.4. The van der Waals surface area contributed by atoms with Gasteiger partial charge in [-0.2, -0.15) is 0 Å². The van der Waals surface area contributed by atoms with Gasteiger partial charge in [0.15, 0.2) is 0 Å². The Kier molecular flexibility index (Phi) is 4.66. The number of carboxylic acid groups (broad SMARTS) is 1. The van der Waals surface area contributed by atoms with Crippen molar-refractivity contribution in [1.29, 1.82) is 0 Å². The largest absolute Gasteiger partial charge is 0.481 e. The van der Waals surface area contributed by atoms with Gasteiger partial charge in [0.1, 0.15) is 0 Å². The van der Waals surface area contributed by atoms with Crippen molar-refractivity contribution in [2.75, 3.05) is 32.7 Å². The highest BCUT2D eigenvalue weighted by Crippen LogP contribution is 2.43. The smallest absolute Gasteiger partial charge is 0.311 e. The Labute approximate surface area is 141 Å². The molecule has 0 aliphatic carbocycles. The van der Waals surface area contributed by atoms with Crippen LogP contribution in [0.2, 0.25) is 0 Å². The fraction of sp³-hybridized carbons (Fsp3) is 0.500. The van der Waals surface area contributed by atoms with Crippen LogP contribution < -0.4 is 0 Å². The number of hydrogen-bond donors (Lipinski definition) is 1. The fourth-order valence-corrected chi connectivity index (χ4v) is 4.07. The van der Waals surface area contributed by atoms with Crippen LogP contribution in [0.15, 0.2) is 37.2 Å². The van der Waals surface area contributed by atoms with E-state index in [2.05, 4.69) is 16.5 Å². The van der Waals surface area contributed by atoms with Crippen molar-refractivity contribution < 1.29 is 14.7 Å². The summed E-state index contributed by atoms with van der Waals surface area (Å²) >= 11 is 0. The molecule has 0 bridgehead atoms. The van der Waals surface area contributed by atoms with E-state index in [0.29, 0.717) is 51.1 Å². The molecule has 6 nitrogen and oxygen atoms in total. The molecule has 2 fully saturated rings. The molecule has 128 valence electrons. The summed E-state index contributed by atoms with van der Waals surface area (Å²) in [5.41, 5.74) is -0.148. The predicted octanol–water partition coefficient (Wildman–Crippen LogP) is 1.51. The molecular weight excluding hydrogens is 306 g/mol. The van der Waals surface area contributed by atoms with E-state index in [1.54, 1.807) is 30.6 Å². The Morgan fingerprint density at radius 2 is 2.12 bits per heavy atom. The van der Waals surface area contributed by atoms with Gasteiger partial charge in [0, 0.05) is 56.6 Å². The first kappa shape index (κ1) is 16.6. The van der Waals surface area contributed by atoms with E-state index in [9.17, 15) is 14.7 Å². The van der Waals surface area contributed by atoms with Crippen molar-refractivity contribution in [1.82, 2.24) is 14.8 Å². The maximum Gasteiger partial charge on any atom is 0.311 e. The summed E-state index contributed by atoms with van der Waals surface area (Å²) in [5, 5.41) is 9.89. The van der Waals surface area contributed by atoms with Crippen molar-refractivity contribution in [3.8, 4) is 0 Å². The average Bonchev–Trinajstić information content (AvgIpc) is 2.82. The van der Waals surface area contributed by atoms with Gasteiger partial charge in [-0.25, -0.2) is 0 Å². The van der Waals surface area contributed by atoms with Crippen LogP contribution in [-0.4, -0.2) is 64.5 Å². The van der Waals surface area contributed by atoms with Crippen LogP contribution in [0.1, 0.15) is 23.2 Å². The van der Waals surface area contributed by atoms with Gasteiger partial charge in [-0.15, -0.1) is 6.58 Å². The Balaban J connectivity index is 1.82. The van der Waals surface area contributed by atoms with E-state index in [4.69, 9.17) is 0 Å². The first-order valence-electron chi connectivity index (χ1n) is 8.33. The predicted molar refractivity (Wildman–Crippen MR) is 89.6 cm³/mol. The second-order valence-electron chi connectivity index (χ2n) is 6.73. The lowest BCUT2D eigenvalue weighted by atomic mass is 9.75. The molecule has 1 aromatic rings. The van der Waals surface area contributed by atoms with Gasteiger partial charge >= 0.3 is 5.97 Å². The highest BCUT2D eigenvalue weighted by molar-refractivity contribution is 5.94. The van der Waals surface area contributed by atoms with Crippen LogP contribution >= 0.6 is 0 Å². The van der Waals surface area contributed by atoms with Gasteiger partial charge in [-0.05, 0) is 25.0 Å². The minimum atomic E-state index is -0.754. The number of carboxylic acids is 1. The van der Waals surface area contributed by atoms with Crippen molar-refractivity contribution in [2.24, 2.45) is 11.3 Å². The molecular formula is C18H23N3O3. The Bertz CT molecular complexity index is 634. The number of rotatable bonds is 4. The summed E-state index contributed by atoms with van der Waals surface area (Å²) in [6.07, 6.45) is 6.34. The number of aromatic nitrogens is 1. The van der Waals surface area contributed by atoms with E-state index >= 15 is 0 Å². The normalized spacial score (nSPS) is 27.3. The maximum atomic E-state index is 12.7. The van der Waals surface area contributed by atoms with Crippen LogP contribution in [0.5, 0.6) is 0 Å². The van der Waals surface area contributed by atoms with E-state index in [-0.39, 0.29) is 11.8 Å². The third-order valence-corrected chi connectivity index (χ3v) is 5.29. The van der Waals surface area contributed by atoms with Crippen molar-refractivity contribution in [3.05, 3.63) is 42.7 Å². The number of aliphatic carboxylic acids is 1. The molecule has 2 aliphatic heterocycles. The molecule has 3 heterocycles. The Morgan fingerprint density at radius 1 is 1.38 bits per heavy atom. The lowest BCUT2D eigenvalue weighted by molar-refractivity contribution is -0.150. The lowest BCUT2D eigenvalue weighted by Crippen LogP contribution is -2.42. The number of hydrogen-bond acceptors (Lipinski definition) is 4. The molecule has 0 unspecified atom stereocenters. The van der Waals surface area contributed by atoms with Crippen molar-refractivity contribution in [3.63, 3.8) is 0 Å². The van der Waals surface area contributed by atoms with Crippen molar-refractivity contribution in [2.45, 2.75) is 12.8 Å². The molecule has 3 rings (SSSR count). The number of amides is 1. The fourth-order valence-electron chi connectivity index (χ4n) is 4.07. The van der Waals surface area contributed by atoms with E-state index in [0.717, 1.165) is 0 Å². The number of nitrogens with zero attached hydrogens (tertiary/aromatic N) is 3. The first-order valence-corrected chi connectivity index (χ1v) is 8.33. The number of fused-ring (bicyclic) bond motifs is 1. The second kappa shape index (κ2) is 6.73. The molecule has 2 saturated heterocycles. The molecule has 0 aromatic carbocycles. The first-order chi connectivity index (χ1) is 11.6. The minimum absolute atomic E-state index is 0.0410. The zero-order valence-electron chi connectivity index (χ0n) is 13.7. The number of likely N-dealkylation sites (tertiary alicyclic amines) is 2. The Hall–Kier alpha value is -2.21. The summed E-state index contributed by atoms with van der Waals surface area (Å²) in [5.74, 6) is -0.832.